The molecule has 126 valence electrons. The zero-order chi connectivity index (χ0) is 17.1. The Kier molecular flexibility index (Phi) is 4.99. The number of benzene rings is 1. The van der Waals surface area contributed by atoms with E-state index in [1.54, 1.807) is 0 Å². The molecule has 1 aromatic carbocycles. The molecule has 1 unspecified atom stereocenters. The summed E-state index contributed by atoms with van der Waals surface area (Å²) < 4.78 is 5.77. The number of furan rings is 1. The largest absolute Gasteiger partial charge is 0.451 e. The highest BCUT2D eigenvalue weighted by Gasteiger charge is 2.21. The molecule has 24 heavy (non-hydrogen) atoms. The maximum Gasteiger partial charge on any atom is 0.287 e. The minimum absolute atomic E-state index is 0.147. The number of fused-ring (bicyclic) bond motifs is 1. The van der Waals surface area contributed by atoms with Crippen molar-refractivity contribution in [1.29, 1.82) is 0 Å². The number of thiophene rings is 1. The van der Waals surface area contributed by atoms with Gasteiger partial charge in [-0.15, -0.1) is 0 Å². The quantitative estimate of drug-likeness (QED) is 0.721. The number of hydrogen-bond acceptors (Lipinski definition) is 5. The van der Waals surface area contributed by atoms with Gasteiger partial charge in [-0.05, 0) is 42.6 Å². The maximum atomic E-state index is 12.6. The van der Waals surface area contributed by atoms with Gasteiger partial charge >= 0.3 is 0 Å². The van der Waals surface area contributed by atoms with Gasteiger partial charge in [-0.1, -0.05) is 18.2 Å². The summed E-state index contributed by atoms with van der Waals surface area (Å²) in [4.78, 5) is 14.6. The lowest BCUT2D eigenvalue weighted by Crippen LogP contribution is -2.29. The Morgan fingerprint density at radius 1 is 1.33 bits per heavy atom. The number of hydrogen-bond donors (Lipinski definition) is 2. The molecular weight excluding hydrogens is 324 g/mol. The second-order valence-electron chi connectivity index (χ2n) is 5.93. The molecule has 5 nitrogen and oxygen atoms in total. The number of nitrogens with zero attached hydrogens (tertiary/aromatic N) is 1. The standard InChI is InChI=1S/C18H20N2O3S/c1-20(2)10-14-13-5-3-4-6-16(13)23-17(14)18(22)19-9-15(21)12-7-8-24-11-12/h3-8,11,15,21H,9-10H2,1-2H3,(H,19,22). The second kappa shape index (κ2) is 7.17. The molecule has 6 heteroatoms. The molecule has 0 spiro atoms. The lowest BCUT2D eigenvalue weighted by molar-refractivity contribution is 0.0889. The third-order valence-corrected chi connectivity index (χ3v) is 4.46. The van der Waals surface area contributed by atoms with Crippen LogP contribution >= 0.6 is 11.3 Å². The van der Waals surface area contributed by atoms with Gasteiger partial charge in [0.2, 0.25) is 0 Å². The van der Waals surface area contributed by atoms with Gasteiger partial charge < -0.3 is 19.7 Å². The second-order valence-corrected chi connectivity index (χ2v) is 6.71. The third-order valence-electron chi connectivity index (χ3n) is 3.76. The molecule has 2 heterocycles. The van der Waals surface area contributed by atoms with Gasteiger partial charge in [-0.2, -0.15) is 11.3 Å². The van der Waals surface area contributed by atoms with E-state index in [2.05, 4.69) is 5.32 Å². The SMILES string of the molecule is CN(C)Cc1c(C(=O)NCC(O)c2ccsc2)oc2ccccc12. The Balaban J connectivity index is 1.81. The van der Waals surface area contributed by atoms with Gasteiger partial charge in [0, 0.05) is 24.0 Å². The normalized spacial score (nSPS) is 12.7. The van der Waals surface area contributed by atoms with Crippen LogP contribution in [-0.2, 0) is 6.54 Å². The molecule has 0 saturated carbocycles. The Labute approximate surface area is 144 Å². The topological polar surface area (TPSA) is 65.7 Å². The highest BCUT2D eigenvalue weighted by molar-refractivity contribution is 7.07. The first-order valence-electron chi connectivity index (χ1n) is 7.69. The van der Waals surface area contributed by atoms with Crippen LogP contribution in [0.1, 0.15) is 27.8 Å². The van der Waals surface area contributed by atoms with E-state index in [0.29, 0.717) is 17.9 Å². The molecule has 3 rings (SSSR count). The van der Waals surface area contributed by atoms with Crippen LogP contribution in [0.4, 0.5) is 0 Å². The smallest absolute Gasteiger partial charge is 0.287 e. The number of carbonyl (C=O) groups excluding carboxylic acids is 1. The first-order chi connectivity index (χ1) is 11.6. The molecule has 3 aromatic rings. The van der Waals surface area contributed by atoms with Crippen molar-refractivity contribution in [1.82, 2.24) is 10.2 Å². The monoisotopic (exact) mass is 344 g/mol. The summed E-state index contributed by atoms with van der Waals surface area (Å²) >= 11 is 1.51. The summed E-state index contributed by atoms with van der Waals surface area (Å²) in [7, 11) is 3.90. The summed E-state index contributed by atoms with van der Waals surface area (Å²) in [5.41, 5.74) is 2.36. The van der Waals surface area contributed by atoms with Crippen LogP contribution in [0, 0.1) is 0 Å². The molecule has 0 radical (unpaired) electrons. The van der Waals surface area contributed by atoms with Gasteiger partial charge in [0.05, 0.1) is 6.10 Å². The fraction of sp³-hybridized carbons (Fsp3) is 0.278. The van der Waals surface area contributed by atoms with Crippen LogP contribution in [0.25, 0.3) is 11.0 Å². The number of rotatable bonds is 6. The number of amides is 1. The first kappa shape index (κ1) is 16.7. The van der Waals surface area contributed by atoms with Gasteiger partial charge in [-0.25, -0.2) is 0 Å². The Bertz CT molecular complexity index is 824. The van der Waals surface area contributed by atoms with Crippen molar-refractivity contribution in [3.8, 4) is 0 Å². The molecule has 0 bridgehead atoms. The Morgan fingerprint density at radius 3 is 2.83 bits per heavy atom. The van der Waals surface area contributed by atoms with Crippen molar-refractivity contribution in [3.63, 3.8) is 0 Å². The van der Waals surface area contributed by atoms with Crippen LogP contribution in [-0.4, -0.2) is 36.6 Å². The number of aliphatic hydroxyl groups excluding tert-OH is 1. The van der Waals surface area contributed by atoms with Crippen molar-refractivity contribution in [2.24, 2.45) is 0 Å². The highest BCUT2D eigenvalue weighted by atomic mass is 32.1. The number of carbonyl (C=O) groups is 1. The zero-order valence-corrected chi connectivity index (χ0v) is 14.5. The predicted octanol–water partition coefficient (Wildman–Crippen LogP) is 3.02. The van der Waals surface area contributed by atoms with Crippen LogP contribution in [0.15, 0.2) is 45.5 Å². The minimum atomic E-state index is -0.720. The van der Waals surface area contributed by atoms with E-state index >= 15 is 0 Å². The van der Waals surface area contributed by atoms with Crippen LogP contribution < -0.4 is 5.32 Å². The minimum Gasteiger partial charge on any atom is -0.451 e. The van der Waals surface area contributed by atoms with E-state index in [-0.39, 0.29) is 12.5 Å². The molecule has 2 aromatic heterocycles. The predicted molar refractivity (Wildman–Crippen MR) is 95.2 cm³/mol. The van der Waals surface area contributed by atoms with Gasteiger partial charge in [0.25, 0.3) is 5.91 Å². The van der Waals surface area contributed by atoms with Gasteiger partial charge in [0.15, 0.2) is 5.76 Å². The molecule has 0 aliphatic rings. The average molecular weight is 344 g/mol. The number of aliphatic hydroxyl groups is 1. The lowest BCUT2D eigenvalue weighted by Gasteiger charge is -2.12. The fourth-order valence-electron chi connectivity index (χ4n) is 2.61. The van der Waals surface area contributed by atoms with Crippen LogP contribution in [0.5, 0.6) is 0 Å². The molecule has 0 aliphatic carbocycles. The number of nitrogens with one attached hydrogen (secondary N) is 1. The molecule has 1 amide bonds. The van der Waals surface area contributed by atoms with E-state index in [0.717, 1.165) is 16.5 Å². The van der Waals surface area contributed by atoms with E-state index in [1.165, 1.54) is 11.3 Å². The van der Waals surface area contributed by atoms with Crippen LogP contribution in [0.2, 0.25) is 0 Å². The molecule has 0 fully saturated rings. The van der Waals surface area contributed by atoms with Crippen molar-refractivity contribution < 1.29 is 14.3 Å². The Morgan fingerprint density at radius 2 is 2.12 bits per heavy atom. The summed E-state index contributed by atoms with van der Waals surface area (Å²) in [5.74, 6) is -0.000233. The molecule has 0 aliphatic heterocycles. The van der Waals surface area contributed by atoms with Crippen molar-refractivity contribution in [3.05, 3.63) is 58.0 Å². The van der Waals surface area contributed by atoms with Crippen molar-refractivity contribution in [2.45, 2.75) is 12.6 Å². The summed E-state index contributed by atoms with van der Waals surface area (Å²) in [6.07, 6.45) is -0.720. The summed E-state index contributed by atoms with van der Waals surface area (Å²) in [6.45, 7) is 0.751. The highest BCUT2D eigenvalue weighted by Crippen LogP contribution is 2.27. The molecule has 0 saturated heterocycles. The molecule has 1 atom stereocenters. The van der Waals surface area contributed by atoms with Crippen LogP contribution in [0.3, 0.4) is 0 Å². The summed E-state index contributed by atoms with van der Waals surface area (Å²) in [6, 6.07) is 9.46. The number of para-hydroxylation sites is 1. The molecular formula is C18H20N2O3S. The third kappa shape index (κ3) is 3.51. The van der Waals surface area contributed by atoms with Crippen molar-refractivity contribution in [2.75, 3.05) is 20.6 Å². The fourth-order valence-corrected chi connectivity index (χ4v) is 3.31. The van der Waals surface area contributed by atoms with E-state index in [4.69, 9.17) is 4.42 Å². The maximum absolute atomic E-state index is 12.6. The zero-order valence-electron chi connectivity index (χ0n) is 13.7. The Hall–Kier alpha value is -2.15. The molecule has 2 N–H and O–H groups in total. The van der Waals surface area contributed by atoms with E-state index in [9.17, 15) is 9.90 Å². The van der Waals surface area contributed by atoms with E-state index < -0.39 is 6.10 Å². The van der Waals surface area contributed by atoms with Crippen molar-refractivity contribution >= 4 is 28.2 Å². The van der Waals surface area contributed by atoms with Gasteiger partial charge in [-0.3, -0.25) is 4.79 Å². The van der Waals surface area contributed by atoms with Gasteiger partial charge in [0.1, 0.15) is 5.58 Å². The lowest BCUT2D eigenvalue weighted by atomic mass is 10.1. The van der Waals surface area contributed by atoms with E-state index in [1.807, 2.05) is 60.1 Å². The summed E-state index contributed by atoms with van der Waals surface area (Å²) in [5, 5.41) is 17.6. The average Bonchev–Trinajstić information content (AvgIpc) is 3.20. The first-order valence-corrected chi connectivity index (χ1v) is 8.64.